The fourth-order valence-electron chi connectivity index (χ4n) is 1.74. The van der Waals surface area contributed by atoms with E-state index in [2.05, 4.69) is 34.6 Å². The van der Waals surface area contributed by atoms with Crippen LogP contribution in [0.1, 0.15) is 86.0 Å². The summed E-state index contributed by atoms with van der Waals surface area (Å²) in [5.74, 6) is 0.594. The Morgan fingerprint density at radius 1 is 0.824 bits per heavy atom. The Bertz CT molecular complexity index is 161. The van der Waals surface area contributed by atoms with Crippen LogP contribution < -0.4 is 0 Å². The van der Waals surface area contributed by atoms with Crippen LogP contribution in [0.3, 0.4) is 0 Å². The standard InChI is InChI=1S/C16H34O/c1-6-7-8-9-10-11-12-13-14-17-16(4,5)15(2)3/h15H,6-14H2,1-5H3. The third-order valence-corrected chi connectivity index (χ3v) is 3.86. The Morgan fingerprint density at radius 2 is 1.29 bits per heavy atom. The lowest BCUT2D eigenvalue weighted by molar-refractivity contribution is -0.0515. The van der Waals surface area contributed by atoms with Crippen molar-refractivity contribution >= 4 is 0 Å². The van der Waals surface area contributed by atoms with Crippen molar-refractivity contribution in [2.45, 2.75) is 91.6 Å². The Hall–Kier alpha value is -0.0400. The van der Waals surface area contributed by atoms with Crippen molar-refractivity contribution in [3.8, 4) is 0 Å². The van der Waals surface area contributed by atoms with Gasteiger partial charge in [-0.15, -0.1) is 0 Å². The molecule has 0 aromatic rings. The van der Waals surface area contributed by atoms with E-state index in [0.29, 0.717) is 5.92 Å². The van der Waals surface area contributed by atoms with Crippen LogP contribution in [0.5, 0.6) is 0 Å². The Morgan fingerprint density at radius 3 is 1.76 bits per heavy atom. The number of hydrogen-bond donors (Lipinski definition) is 0. The maximum absolute atomic E-state index is 5.94. The number of hydrogen-bond acceptors (Lipinski definition) is 1. The quantitative estimate of drug-likeness (QED) is 0.430. The van der Waals surface area contributed by atoms with E-state index in [-0.39, 0.29) is 5.60 Å². The van der Waals surface area contributed by atoms with Crippen LogP contribution in [-0.4, -0.2) is 12.2 Å². The van der Waals surface area contributed by atoms with E-state index in [0.717, 1.165) is 6.61 Å². The highest BCUT2D eigenvalue weighted by atomic mass is 16.5. The average Bonchev–Trinajstić information content (AvgIpc) is 2.26. The summed E-state index contributed by atoms with van der Waals surface area (Å²) in [6.45, 7) is 12.1. The molecule has 0 fully saturated rings. The monoisotopic (exact) mass is 242 g/mol. The molecule has 0 rings (SSSR count). The van der Waals surface area contributed by atoms with Crippen molar-refractivity contribution in [1.29, 1.82) is 0 Å². The van der Waals surface area contributed by atoms with Crippen LogP contribution in [0.15, 0.2) is 0 Å². The average molecular weight is 242 g/mol. The maximum atomic E-state index is 5.94. The smallest absolute Gasteiger partial charge is 0.0649 e. The first-order valence-electron chi connectivity index (χ1n) is 7.64. The molecular weight excluding hydrogens is 208 g/mol. The molecule has 0 saturated heterocycles. The second-order valence-corrected chi connectivity index (χ2v) is 6.08. The van der Waals surface area contributed by atoms with E-state index >= 15 is 0 Å². The van der Waals surface area contributed by atoms with Gasteiger partial charge < -0.3 is 4.74 Å². The minimum absolute atomic E-state index is 0.0428. The summed E-state index contributed by atoms with van der Waals surface area (Å²) in [4.78, 5) is 0. The van der Waals surface area contributed by atoms with Crippen LogP contribution in [0.25, 0.3) is 0 Å². The fraction of sp³-hybridized carbons (Fsp3) is 1.00. The third kappa shape index (κ3) is 9.64. The zero-order valence-electron chi connectivity index (χ0n) is 12.8. The first-order valence-corrected chi connectivity index (χ1v) is 7.64. The predicted octanol–water partition coefficient (Wildman–Crippen LogP) is 5.58. The van der Waals surface area contributed by atoms with Gasteiger partial charge in [0.25, 0.3) is 0 Å². The summed E-state index contributed by atoms with van der Waals surface area (Å²) < 4.78 is 5.94. The molecule has 0 saturated carbocycles. The minimum atomic E-state index is 0.0428. The van der Waals surface area contributed by atoms with Gasteiger partial charge in [0, 0.05) is 6.61 Å². The van der Waals surface area contributed by atoms with Gasteiger partial charge in [-0.3, -0.25) is 0 Å². The zero-order valence-corrected chi connectivity index (χ0v) is 12.8. The van der Waals surface area contributed by atoms with Crippen LogP contribution in [0, 0.1) is 5.92 Å². The zero-order chi connectivity index (χ0) is 13.1. The third-order valence-electron chi connectivity index (χ3n) is 3.86. The lowest BCUT2D eigenvalue weighted by Crippen LogP contribution is -2.31. The molecular formula is C16H34O. The van der Waals surface area contributed by atoms with E-state index in [9.17, 15) is 0 Å². The second-order valence-electron chi connectivity index (χ2n) is 6.08. The molecule has 0 aromatic carbocycles. The topological polar surface area (TPSA) is 9.23 Å². The van der Waals surface area contributed by atoms with E-state index in [4.69, 9.17) is 4.74 Å². The molecule has 0 aliphatic rings. The van der Waals surface area contributed by atoms with Gasteiger partial charge in [0.1, 0.15) is 0 Å². The van der Waals surface area contributed by atoms with E-state index in [1.807, 2.05) is 0 Å². The van der Waals surface area contributed by atoms with Gasteiger partial charge in [0.05, 0.1) is 5.60 Å². The molecule has 1 heteroatoms. The summed E-state index contributed by atoms with van der Waals surface area (Å²) in [7, 11) is 0. The predicted molar refractivity (Wildman–Crippen MR) is 77.5 cm³/mol. The first kappa shape index (κ1) is 17.0. The molecule has 0 N–H and O–H groups in total. The van der Waals surface area contributed by atoms with E-state index in [1.54, 1.807) is 0 Å². The van der Waals surface area contributed by atoms with E-state index < -0.39 is 0 Å². The van der Waals surface area contributed by atoms with Crippen molar-refractivity contribution in [3.63, 3.8) is 0 Å². The van der Waals surface area contributed by atoms with Crippen LogP contribution in [0.2, 0.25) is 0 Å². The molecule has 0 bridgehead atoms. The molecule has 17 heavy (non-hydrogen) atoms. The van der Waals surface area contributed by atoms with Gasteiger partial charge in [-0.2, -0.15) is 0 Å². The lowest BCUT2D eigenvalue weighted by Gasteiger charge is -2.29. The van der Waals surface area contributed by atoms with Crippen molar-refractivity contribution in [3.05, 3.63) is 0 Å². The molecule has 0 amide bonds. The summed E-state index contributed by atoms with van der Waals surface area (Å²) in [5, 5.41) is 0. The van der Waals surface area contributed by atoms with Gasteiger partial charge in [0.15, 0.2) is 0 Å². The molecule has 0 radical (unpaired) electrons. The highest BCUT2D eigenvalue weighted by molar-refractivity contribution is 4.72. The first-order chi connectivity index (χ1) is 8.00. The largest absolute Gasteiger partial charge is 0.375 e. The number of ether oxygens (including phenoxy) is 1. The van der Waals surface area contributed by atoms with Gasteiger partial charge in [-0.05, 0) is 26.2 Å². The molecule has 0 heterocycles. The Kier molecular flexibility index (Phi) is 9.91. The SMILES string of the molecule is CCCCCCCCCCOC(C)(C)C(C)C. The van der Waals surface area contributed by atoms with Crippen LogP contribution >= 0.6 is 0 Å². The lowest BCUT2D eigenvalue weighted by atomic mass is 9.95. The van der Waals surface area contributed by atoms with Gasteiger partial charge in [-0.1, -0.05) is 65.7 Å². The summed E-state index contributed by atoms with van der Waals surface area (Å²) in [5.41, 5.74) is 0.0428. The van der Waals surface area contributed by atoms with E-state index in [1.165, 1.54) is 51.4 Å². The van der Waals surface area contributed by atoms with Crippen molar-refractivity contribution in [1.82, 2.24) is 0 Å². The summed E-state index contributed by atoms with van der Waals surface area (Å²) in [6.07, 6.45) is 11.0. The van der Waals surface area contributed by atoms with Crippen LogP contribution in [0.4, 0.5) is 0 Å². The van der Waals surface area contributed by atoms with Gasteiger partial charge >= 0.3 is 0 Å². The highest BCUT2D eigenvalue weighted by Crippen LogP contribution is 2.20. The summed E-state index contributed by atoms with van der Waals surface area (Å²) in [6, 6.07) is 0. The number of rotatable bonds is 11. The molecule has 104 valence electrons. The molecule has 0 aliphatic carbocycles. The highest BCUT2D eigenvalue weighted by Gasteiger charge is 2.22. The Balaban J connectivity index is 3.24. The molecule has 0 aliphatic heterocycles. The fourth-order valence-corrected chi connectivity index (χ4v) is 1.74. The molecule has 0 spiro atoms. The molecule has 0 atom stereocenters. The van der Waals surface area contributed by atoms with Gasteiger partial charge in [-0.25, -0.2) is 0 Å². The van der Waals surface area contributed by atoms with Gasteiger partial charge in [0.2, 0.25) is 0 Å². The van der Waals surface area contributed by atoms with Crippen LogP contribution in [-0.2, 0) is 4.74 Å². The summed E-state index contributed by atoms with van der Waals surface area (Å²) >= 11 is 0. The Labute approximate surface area is 109 Å². The molecule has 0 unspecified atom stereocenters. The minimum Gasteiger partial charge on any atom is -0.375 e. The second kappa shape index (κ2) is 9.94. The number of unbranched alkanes of at least 4 members (excludes halogenated alkanes) is 7. The maximum Gasteiger partial charge on any atom is 0.0649 e. The molecule has 1 nitrogen and oxygen atoms in total. The van der Waals surface area contributed by atoms with Crippen molar-refractivity contribution in [2.75, 3.05) is 6.61 Å². The van der Waals surface area contributed by atoms with Crippen molar-refractivity contribution in [2.24, 2.45) is 5.92 Å². The normalized spacial score (nSPS) is 12.4. The van der Waals surface area contributed by atoms with Crippen molar-refractivity contribution < 1.29 is 4.74 Å². The molecule has 0 aromatic heterocycles.